The van der Waals surface area contributed by atoms with Crippen LogP contribution in [0, 0.1) is 0 Å². The van der Waals surface area contributed by atoms with Gasteiger partial charge in [-0.2, -0.15) is 0 Å². The highest BCUT2D eigenvalue weighted by Crippen LogP contribution is 2.32. The number of carbonyl (C=O) groups is 2. The van der Waals surface area contributed by atoms with Crippen molar-refractivity contribution in [2.24, 2.45) is 0 Å². The summed E-state index contributed by atoms with van der Waals surface area (Å²) < 4.78 is 21.3. The van der Waals surface area contributed by atoms with Crippen molar-refractivity contribution < 1.29 is 28.5 Å². The van der Waals surface area contributed by atoms with Crippen LogP contribution in [0.1, 0.15) is 12.0 Å². The van der Waals surface area contributed by atoms with Gasteiger partial charge in [0.1, 0.15) is 12.6 Å². The lowest BCUT2D eigenvalue weighted by molar-refractivity contribution is -0.177. The third-order valence-corrected chi connectivity index (χ3v) is 3.96. The van der Waals surface area contributed by atoms with Crippen LogP contribution in [0.25, 0.3) is 0 Å². The number of esters is 2. The SMILES string of the molecule is COC(=O)C1CC2(CN1)OC[C@@H](C(=O)OCc1ccccc1)O2. The Morgan fingerprint density at radius 2 is 2.09 bits per heavy atom. The average Bonchev–Trinajstić information content (AvgIpc) is 3.20. The van der Waals surface area contributed by atoms with Crippen molar-refractivity contribution in [3.8, 4) is 0 Å². The smallest absolute Gasteiger partial charge is 0.338 e. The fraction of sp³-hybridized carbons (Fsp3) is 0.500. The minimum atomic E-state index is -0.963. The lowest BCUT2D eigenvalue weighted by Crippen LogP contribution is -2.35. The van der Waals surface area contributed by atoms with Gasteiger partial charge in [-0.25, -0.2) is 4.79 Å². The average molecular weight is 321 g/mol. The minimum absolute atomic E-state index is 0.114. The number of hydrogen-bond donors (Lipinski definition) is 1. The summed E-state index contributed by atoms with van der Waals surface area (Å²) in [5.74, 6) is -1.80. The molecule has 7 nitrogen and oxygen atoms in total. The van der Waals surface area contributed by atoms with E-state index in [1.807, 2.05) is 30.3 Å². The Labute approximate surface area is 133 Å². The van der Waals surface area contributed by atoms with E-state index in [-0.39, 0.29) is 19.2 Å². The van der Waals surface area contributed by atoms with Crippen molar-refractivity contribution in [3.63, 3.8) is 0 Å². The molecule has 2 aliphatic heterocycles. The molecule has 1 aromatic rings. The number of ether oxygens (including phenoxy) is 4. The number of benzene rings is 1. The van der Waals surface area contributed by atoms with Crippen LogP contribution < -0.4 is 5.32 Å². The lowest BCUT2D eigenvalue weighted by Gasteiger charge is -2.20. The Hall–Kier alpha value is -1.96. The van der Waals surface area contributed by atoms with Gasteiger partial charge in [0, 0.05) is 6.42 Å². The Balaban J connectivity index is 1.51. The molecule has 2 aliphatic rings. The second-order valence-electron chi connectivity index (χ2n) is 5.58. The van der Waals surface area contributed by atoms with E-state index in [1.165, 1.54) is 7.11 Å². The predicted octanol–water partition coefficient (Wildman–Crippen LogP) is 0.376. The molecule has 2 fully saturated rings. The number of methoxy groups -OCH3 is 1. The van der Waals surface area contributed by atoms with Crippen LogP contribution in [0.2, 0.25) is 0 Å². The van der Waals surface area contributed by atoms with Crippen molar-refractivity contribution in [3.05, 3.63) is 35.9 Å². The summed E-state index contributed by atoms with van der Waals surface area (Å²) in [6, 6.07) is 8.92. The van der Waals surface area contributed by atoms with Crippen molar-refractivity contribution in [2.75, 3.05) is 20.3 Å². The van der Waals surface area contributed by atoms with Crippen LogP contribution in [0.4, 0.5) is 0 Å². The molecular weight excluding hydrogens is 302 g/mol. The maximum absolute atomic E-state index is 12.1. The molecule has 0 bridgehead atoms. The van der Waals surface area contributed by atoms with E-state index in [2.05, 4.69) is 5.32 Å². The first-order chi connectivity index (χ1) is 11.1. The fourth-order valence-corrected chi connectivity index (χ4v) is 2.74. The maximum atomic E-state index is 12.1. The van der Waals surface area contributed by atoms with Gasteiger partial charge < -0.3 is 18.9 Å². The Bertz CT molecular complexity index is 577. The Morgan fingerprint density at radius 3 is 2.83 bits per heavy atom. The Kier molecular flexibility index (Phi) is 4.61. The molecule has 1 N–H and O–H groups in total. The highest BCUT2D eigenvalue weighted by molar-refractivity contribution is 5.77. The molecular formula is C16H19NO6. The Morgan fingerprint density at radius 1 is 1.30 bits per heavy atom. The molecule has 1 aromatic carbocycles. The van der Waals surface area contributed by atoms with Crippen molar-refractivity contribution >= 4 is 11.9 Å². The van der Waals surface area contributed by atoms with Gasteiger partial charge in [0.05, 0.1) is 20.3 Å². The first-order valence-corrected chi connectivity index (χ1v) is 7.45. The molecule has 0 aromatic heterocycles. The minimum Gasteiger partial charge on any atom is -0.468 e. The maximum Gasteiger partial charge on any atom is 0.338 e. The number of rotatable bonds is 4. The second-order valence-corrected chi connectivity index (χ2v) is 5.58. The van der Waals surface area contributed by atoms with Crippen LogP contribution >= 0.6 is 0 Å². The quantitative estimate of drug-likeness (QED) is 0.803. The summed E-state index contributed by atoms with van der Waals surface area (Å²) in [6.45, 7) is 0.633. The summed E-state index contributed by atoms with van der Waals surface area (Å²) in [5, 5.41) is 2.98. The van der Waals surface area contributed by atoms with Gasteiger partial charge in [0.2, 0.25) is 0 Å². The van der Waals surface area contributed by atoms with Gasteiger partial charge >= 0.3 is 11.9 Å². The fourth-order valence-electron chi connectivity index (χ4n) is 2.74. The molecule has 23 heavy (non-hydrogen) atoms. The molecule has 124 valence electrons. The van der Waals surface area contributed by atoms with Crippen LogP contribution in [-0.4, -0.2) is 50.1 Å². The van der Waals surface area contributed by atoms with Crippen LogP contribution in [0.5, 0.6) is 0 Å². The zero-order chi connectivity index (χ0) is 16.3. The summed E-state index contributed by atoms with van der Waals surface area (Å²) in [5.41, 5.74) is 0.905. The normalized spacial score (nSPS) is 29.6. The van der Waals surface area contributed by atoms with Crippen LogP contribution in [0.3, 0.4) is 0 Å². The predicted molar refractivity (Wildman–Crippen MR) is 78.2 cm³/mol. The molecule has 2 saturated heterocycles. The van der Waals surface area contributed by atoms with Crippen molar-refractivity contribution in [2.45, 2.75) is 31.0 Å². The molecule has 0 radical (unpaired) electrons. The summed E-state index contributed by atoms with van der Waals surface area (Å²) in [4.78, 5) is 23.6. The van der Waals surface area contributed by atoms with E-state index in [4.69, 9.17) is 18.9 Å². The molecule has 0 saturated carbocycles. The standard InChI is InChI=1S/C16H19NO6/c1-20-14(18)12-7-16(10-17-12)22-9-13(23-16)15(19)21-8-11-5-3-2-4-6-11/h2-6,12-13,17H,7-10H2,1H3/t12?,13-,16?/m0/s1. The highest BCUT2D eigenvalue weighted by atomic mass is 16.8. The molecule has 0 amide bonds. The van der Waals surface area contributed by atoms with Gasteiger partial charge in [-0.05, 0) is 5.56 Å². The van der Waals surface area contributed by atoms with Crippen LogP contribution in [-0.2, 0) is 35.1 Å². The van der Waals surface area contributed by atoms with Gasteiger partial charge in [-0.15, -0.1) is 0 Å². The van der Waals surface area contributed by atoms with Crippen molar-refractivity contribution in [1.82, 2.24) is 5.32 Å². The topological polar surface area (TPSA) is 83.1 Å². The number of hydrogen-bond acceptors (Lipinski definition) is 7. The molecule has 1 spiro atoms. The van der Waals surface area contributed by atoms with Gasteiger partial charge in [0.25, 0.3) is 0 Å². The number of carbonyl (C=O) groups excluding carboxylic acids is 2. The van der Waals surface area contributed by atoms with E-state index >= 15 is 0 Å². The molecule has 3 rings (SSSR count). The number of nitrogens with one attached hydrogen (secondary N) is 1. The third-order valence-electron chi connectivity index (χ3n) is 3.96. The highest BCUT2D eigenvalue weighted by Gasteiger charge is 2.51. The summed E-state index contributed by atoms with van der Waals surface area (Å²) in [7, 11) is 1.33. The van der Waals surface area contributed by atoms with E-state index < -0.39 is 23.9 Å². The van der Waals surface area contributed by atoms with E-state index in [1.54, 1.807) is 0 Å². The molecule has 2 heterocycles. The lowest BCUT2D eigenvalue weighted by atomic mass is 10.1. The van der Waals surface area contributed by atoms with Gasteiger partial charge in [-0.3, -0.25) is 10.1 Å². The molecule has 7 heteroatoms. The van der Waals surface area contributed by atoms with Crippen LogP contribution in [0.15, 0.2) is 30.3 Å². The van der Waals surface area contributed by atoms with Gasteiger partial charge in [0.15, 0.2) is 11.9 Å². The summed E-state index contributed by atoms with van der Waals surface area (Å²) in [6.07, 6.45) is -0.473. The van der Waals surface area contributed by atoms with E-state index in [9.17, 15) is 9.59 Å². The molecule has 2 unspecified atom stereocenters. The zero-order valence-corrected chi connectivity index (χ0v) is 12.8. The zero-order valence-electron chi connectivity index (χ0n) is 12.8. The first-order valence-electron chi connectivity index (χ1n) is 7.45. The van der Waals surface area contributed by atoms with Crippen molar-refractivity contribution in [1.29, 1.82) is 0 Å². The monoisotopic (exact) mass is 321 g/mol. The largest absolute Gasteiger partial charge is 0.468 e. The first kappa shape index (κ1) is 15.9. The third kappa shape index (κ3) is 3.52. The van der Waals surface area contributed by atoms with E-state index in [0.717, 1.165) is 5.56 Å². The molecule has 3 atom stereocenters. The van der Waals surface area contributed by atoms with Gasteiger partial charge in [-0.1, -0.05) is 30.3 Å². The molecule has 0 aliphatic carbocycles. The summed E-state index contributed by atoms with van der Waals surface area (Å²) >= 11 is 0. The van der Waals surface area contributed by atoms with E-state index in [0.29, 0.717) is 13.0 Å². The second kappa shape index (κ2) is 6.66.